The molecule has 4 aliphatic carbocycles. The third-order valence-corrected chi connectivity index (χ3v) is 10.5. The van der Waals surface area contributed by atoms with E-state index in [4.69, 9.17) is 9.47 Å². The minimum Gasteiger partial charge on any atom is -0.497 e. The lowest BCUT2D eigenvalue weighted by Gasteiger charge is -2.60. The van der Waals surface area contributed by atoms with Gasteiger partial charge in [0, 0.05) is 18.4 Å². The van der Waals surface area contributed by atoms with Gasteiger partial charge in [-0.15, -0.1) is 0 Å². The molecule has 0 amide bonds. The number of benzene rings is 1. The summed E-state index contributed by atoms with van der Waals surface area (Å²) in [6.07, 6.45) is 11.9. The highest BCUT2D eigenvalue weighted by Crippen LogP contribution is 2.70. The van der Waals surface area contributed by atoms with Crippen molar-refractivity contribution in [3.05, 3.63) is 53.6 Å². The molecule has 0 bridgehead atoms. The van der Waals surface area contributed by atoms with Crippen LogP contribution in [-0.2, 0) is 9.53 Å². The predicted molar refractivity (Wildman–Crippen MR) is 130 cm³/mol. The van der Waals surface area contributed by atoms with E-state index in [1.165, 1.54) is 29.6 Å². The number of carbonyl (C=O) groups is 1. The third-order valence-electron chi connectivity index (χ3n) is 10.5. The fourth-order valence-corrected chi connectivity index (χ4v) is 9.14. The molecule has 6 rings (SSSR count). The van der Waals surface area contributed by atoms with Gasteiger partial charge < -0.3 is 9.47 Å². The van der Waals surface area contributed by atoms with E-state index in [0.717, 1.165) is 57.3 Å². The third kappa shape index (κ3) is 3.07. The van der Waals surface area contributed by atoms with Crippen LogP contribution in [0.1, 0.15) is 76.2 Å². The van der Waals surface area contributed by atoms with E-state index in [-0.39, 0.29) is 11.0 Å². The highest BCUT2D eigenvalue weighted by Gasteiger charge is 2.66. The van der Waals surface area contributed by atoms with Gasteiger partial charge in [0.25, 0.3) is 0 Å². The van der Waals surface area contributed by atoms with Crippen molar-refractivity contribution < 1.29 is 14.3 Å². The first-order valence-corrected chi connectivity index (χ1v) is 13.2. The molecule has 5 aliphatic rings. The topological polar surface area (TPSA) is 35.5 Å². The van der Waals surface area contributed by atoms with E-state index in [2.05, 4.69) is 37.8 Å². The molecule has 1 heterocycles. The molecule has 7 atom stereocenters. The van der Waals surface area contributed by atoms with Crippen LogP contribution in [0.25, 0.3) is 0 Å². The van der Waals surface area contributed by atoms with Crippen molar-refractivity contribution in [3.63, 3.8) is 0 Å². The van der Waals surface area contributed by atoms with Gasteiger partial charge in [-0.25, -0.2) is 0 Å². The van der Waals surface area contributed by atoms with Crippen LogP contribution in [0.3, 0.4) is 0 Å². The fraction of sp³-hybridized carbons (Fsp3) is 0.633. The Morgan fingerprint density at radius 1 is 1.06 bits per heavy atom. The Morgan fingerprint density at radius 2 is 1.88 bits per heavy atom. The molecule has 0 unspecified atom stereocenters. The van der Waals surface area contributed by atoms with Gasteiger partial charge >= 0.3 is 0 Å². The standard InChI is InChI=1S/C30H38O3/c1-19-5-4-16-33-30(19)15-14-27-25-12-8-21-17-22(31)9-13-24(21)28(25)26(18-29(27,30)2)20-6-10-23(32-3)11-7-20/h6-7,10-11,17,24-28H,1,4-5,8-9,12-16,18H2,2-3H3/t24-,25-,26+,27-,28+,29-,30-/m0/s1. The first-order valence-electron chi connectivity index (χ1n) is 13.2. The highest BCUT2D eigenvalue weighted by molar-refractivity contribution is 5.91. The SMILES string of the molecule is C=C1CCCO[C@@]12CC[C@H]1[C@@H]3CCC4=CC(=O)CC[C@@H]4[C@H]3[C@@H](c3ccc(OC)cc3)C[C@@]12C. The van der Waals surface area contributed by atoms with E-state index >= 15 is 0 Å². The number of methoxy groups -OCH3 is 1. The molecule has 3 saturated carbocycles. The number of carbonyl (C=O) groups excluding carboxylic acids is 1. The lowest BCUT2D eigenvalue weighted by atomic mass is 9.46. The van der Waals surface area contributed by atoms with E-state index in [0.29, 0.717) is 35.4 Å². The van der Waals surface area contributed by atoms with Crippen molar-refractivity contribution in [2.75, 3.05) is 13.7 Å². The molecular weight excluding hydrogens is 408 g/mol. The molecule has 0 radical (unpaired) electrons. The van der Waals surface area contributed by atoms with Crippen molar-refractivity contribution in [3.8, 4) is 5.75 Å². The Labute approximate surface area is 198 Å². The van der Waals surface area contributed by atoms with Crippen molar-refractivity contribution in [2.24, 2.45) is 29.1 Å². The average Bonchev–Trinajstić information content (AvgIpc) is 3.12. The molecule has 0 aromatic heterocycles. The summed E-state index contributed by atoms with van der Waals surface area (Å²) in [4.78, 5) is 12.3. The van der Waals surface area contributed by atoms with Crippen molar-refractivity contribution >= 4 is 5.78 Å². The summed E-state index contributed by atoms with van der Waals surface area (Å²) >= 11 is 0. The summed E-state index contributed by atoms with van der Waals surface area (Å²) in [5.74, 6) is 4.31. The average molecular weight is 447 g/mol. The molecule has 1 aliphatic heterocycles. The second-order valence-electron chi connectivity index (χ2n) is 11.6. The minimum atomic E-state index is -0.149. The van der Waals surface area contributed by atoms with Gasteiger partial charge in [0.05, 0.1) is 12.7 Å². The molecule has 33 heavy (non-hydrogen) atoms. The van der Waals surface area contributed by atoms with Crippen LogP contribution in [0.4, 0.5) is 0 Å². The summed E-state index contributed by atoms with van der Waals surface area (Å²) in [7, 11) is 1.74. The lowest BCUT2D eigenvalue weighted by Crippen LogP contribution is -2.57. The number of hydrogen-bond donors (Lipinski definition) is 0. The molecule has 0 N–H and O–H groups in total. The van der Waals surface area contributed by atoms with Gasteiger partial charge in [-0.3, -0.25) is 4.79 Å². The molecule has 1 saturated heterocycles. The Morgan fingerprint density at radius 3 is 2.64 bits per heavy atom. The van der Waals surface area contributed by atoms with Gasteiger partial charge in [-0.05, 0) is 110 Å². The van der Waals surface area contributed by atoms with E-state index in [9.17, 15) is 4.79 Å². The van der Waals surface area contributed by atoms with Gasteiger partial charge in [-0.1, -0.05) is 31.2 Å². The maximum Gasteiger partial charge on any atom is 0.155 e. The van der Waals surface area contributed by atoms with Crippen LogP contribution in [0.15, 0.2) is 48.1 Å². The van der Waals surface area contributed by atoms with Crippen molar-refractivity contribution in [2.45, 2.75) is 76.2 Å². The highest BCUT2D eigenvalue weighted by atomic mass is 16.5. The van der Waals surface area contributed by atoms with Crippen LogP contribution in [-0.4, -0.2) is 25.1 Å². The van der Waals surface area contributed by atoms with Crippen molar-refractivity contribution in [1.29, 1.82) is 0 Å². The number of allylic oxidation sites excluding steroid dienone is 1. The Kier molecular flexibility index (Phi) is 5.14. The van der Waals surface area contributed by atoms with E-state index < -0.39 is 0 Å². The zero-order valence-corrected chi connectivity index (χ0v) is 20.3. The summed E-state index contributed by atoms with van der Waals surface area (Å²) in [6, 6.07) is 8.86. The van der Waals surface area contributed by atoms with Crippen LogP contribution in [0.5, 0.6) is 5.75 Å². The normalized spacial score (nSPS) is 42.4. The van der Waals surface area contributed by atoms with Crippen LogP contribution in [0.2, 0.25) is 0 Å². The summed E-state index contributed by atoms with van der Waals surface area (Å²) < 4.78 is 12.2. The molecule has 3 heteroatoms. The van der Waals surface area contributed by atoms with Crippen molar-refractivity contribution in [1.82, 2.24) is 0 Å². The smallest absolute Gasteiger partial charge is 0.155 e. The van der Waals surface area contributed by atoms with Crippen LogP contribution in [0, 0.1) is 29.1 Å². The van der Waals surface area contributed by atoms with Gasteiger partial charge in [0.15, 0.2) is 5.78 Å². The van der Waals surface area contributed by atoms with Crippen LogP contribution >= 0.6 is 0 Å². The second-order valence-corrected chi connectivity index (χ2v) is 11.6. The summed E-state index contributed by atoms with van der Waals surface area (Å²) in [5.41, 5.74) is 4.21. The predicted octanol–water partition coefficient (Wildman–Crippen LogP) is 6.64. The van der Waals surface area contributed by atoms with E-state index in [1.807, 2.05) is 6.08 Å². The summed E-state index contributed by atoms with van der Waals surface area (Å²) in [6.45, 7) is 8.02. The zero-order valence-electron chi connectivity index (χ0n) is 20.3. The minimum absolute atomic E-state index is 0.127. The monoisotopic (exact) mass is 446 g/mol. The number of hydrogen-bond acceptors (Lipinski definition) is 3. The quantitative estimate of drug-likeness (QED) is 0.478. The maximum absolute atomic E-state index is 12.3. The zero-order chi connectivity index (χ0) is 22.8. The number of fused-ring (bicyclic) bond motifs is 6. The molecular formula is C30H38O3. The van der Waals surface area contributed by atoms with Gasteiger partial charge in [0.1, 0.15) is 5.75 Å². The molecule has 176 valence electrons. The summed E-state index contributed by atoms with van der Waals surface area (Å²) in [5, 5.41) is 0. The maximum atomic E-state index is 12.3. The number of ketones is 1. The van der Waals surface area contributed by atoms with Gasteiger partial charge in [0.2, 0.25) is 0 Å². The Bertz CT molecular complexity index is 990. The molecule has 4 fully saturated rings. The van der Waals surface area contributed by atoms with Crippen LogP contribution < -0.4 is 4.74 Å². The molecule has 1 aromatic rings. The molecule has 3 nitrogen and oxygen atoms in total. The van der Waals surface area contributed by atoms with E-state index in [1.54, 1.807) is 7.11 Å². The lowest BCUT2D eigenvalue weighted by molar-refractivity contribution is -0.149. The number of rotatable bonds is 2. The Balaban J connectivity index is 1.45. The first kappa shape index (κ1) is 21.6. The molecule has 1 aromatic carbocycles. The first-order chi connectivity index (χ1) is 16.0. The van der Waals surface area contributed by atoms with Gasteiger partial charge in [-0.2, -0.15) is 0 Å². The second kappa shape index (κ2) is 7.83. The number of ether oxygens (including phenoxy) is 2. The Hall–Kier alpha value is -1.87. The largest absolute Gasteiger partial charge is 0.497 e. The molecule has 1 spiro atoms. The fourth-order valence-electron chi connectivity index (χ4n) is 9.14.